The predicted molar refractivity (Wildman–Crippen MR) is 115 cm³/mol. The van der Waals surface area contributed by atoms with E-state index in [4.69, 9.17) is 0 Å². The maximum absolute atomic E-state index is 12.9. The number of piperidine rings is 1. The first-order valence-corrected chi connectivity index (χ1v) is 11.9. The molecule has 8 heteroatoms. The van der Waals surface area contributed by atoms with Gasteiger partial charge in [-0.1, -0.05) is 19.1 Å². The molecule has 1 aromatic carbocycles. The van der Waals surface area contributed by atoms with Gasteiger partial charge in [0.05, 0.1) is 4.90 Å². The Morgan fingerprint density at radius 3 is 1.83 bits per heavy atom. The second-order valence-electron chi connectivity index (χ2n) is 7.69. The number of sulfonamides is 1. The number of nitrogens with zero attached hydrogens (tertiary/aromatic N) is 5. The zero-order chi connectivity index (χ0) is 20.3. The van der Waals surface area contributed by atoms with Crippen molar-refractivity contribution in [1.29, 1.82) is 0 Å². The van der Waals surface area contributed by atoms with Gasteiger partial charge in [-0.2, -0.15) is 4.31 Å². The summed E-state index contributed by atoms with van der Waals surface area (Å²) in [5, 5.41) is 8.82. The second kappa shape index (κ2) is 8.67. The first kappa shape index (κ1) is 20.1. The molecule has 2 aliphatic heterocycles. The molecule has 1 aromatic heterocycles. The number of anilines is 2. The maximum atomic E-state index is 12.9. The minimum Gasteiger partial charge on any atom is -0.355 e. The second-order valence-corrected chi connectivity index (χ2v) is 9.62. The molecule has 3 heterocycles. The van der Waals surface area contributed by atoms with Crippen LogP contribution in [0.4, 0.5) is 11.6 Å². The summed E-state index contributed by atoms with van der Waals surface area (Å²) < 4.78 is 27.4. The van der Waals surface area contributed by atoms with Crippen LogP contribution in [0.3, 0.4) is 0 Å². The molecule has 2 aromatic rings. The Bertz CT molecular complexity index is 901. The molecule has 0 saturated carbocycles. The Balaban J connectivity index is 1.38. The summed E-state index contributed by atoms with van der Waals surface area (Å²) in [6.45, 7) is 6.28. The van der Waals surface area contributed by atoms with Crippen molar-refractivity contribution in [3.05, 3.63) is 42.0 Å². The van der Waals surface area contributed by atoms with Crippen LogP contribution in [0.25, 0.3) is 0 Å². The molecule has 0 amide bonds. The highest BCUT2D eigenvalue weighted by Gasteiger charge is 2.29. The standard InChI is InChI=1S/C21H29N5O2S/c1-2-18-6-8-19(9-7-18)29(27,28)26-16-14-25(15-17-26)21-11-10-20(22-23-21)24-12-4-3-5-13-24/h6-11H,2-5,12-17H2,1H3. The van der Waals surface area contributed by atoms with E-state index < -0.39 is 10.0 Å². The number of hydrogen-bond acceptors (Lipinski definition) is 6. The molecule has 2 saturated heterocycles. The zero-order valence-electron chi connectivity index (χ0n) is 17.0. The number of rotatable bonds is 5. The number of aryl methyl sites for hydroxylation is 1. The highest BCUT2D eigenvalue weighted by atomic mass is 32.2. The van der Waals surface area contributed by atoms with Gasteiger partial charge in [0.15, 0.2) is 11.6 Å². The van der Waals surface area contributed by atoms with Crippen molar-refractivity contribution in [2.24, 2.45) is 0 Å². The smallest absolute Gasteiger partial charge is 0.243 e. The van der Waals surface area contributed by atoms with E-state index in [2.05, 4.69) is 26.9 Å². The van der Waals surface area contributed by atoms with Gasteiger partial charge in [0.25, 0.3) is 0 Å². The highest BCUT2D eigenvalue weighted by Crippen LogP contribution is 2.22. The van der Waals surface area contributed by atoms with Crippen LogP contribution in [-0.2, 0) is 16.4 Å². The molecule has 156 valence electrons. The fourth-order valence-electron chi connectivity index (χ4n) is 3.98. The first-order valence-electron chi connectivity index (χ1n) is 10.5. The SMILES string of the molecule is CCc1ccc(S(=O)(=O)N2CCN(c3ccc(N4CCCCC4)nn3)CC2)cc1. The average molecular weight is 416 g/mol. The van der Waals surface area contributed by atoms with Crippen LogP contribution in [0.5, 0.6) is 0 Å². The third kappa shape index (κ3) is 4.38. The molecule has 0 atom stereocenters. The van der Waals surface area contributed by atoms with E-state index in [-0.39, 0.29) is 0 Å². The summed E-state index contributed by atoms with van der Waals surface area (Å²) in [6.07, 6.45) is 4.61. The lowest BCUT2D eigenvalue weighted by Gasteiger charge is -2.34. The van der Waals surface area contributed by atoms with Crippen molar-refractivity contribution in [2.75, 3.05) is 49.1 Å². The molecule has 29 heavy (non-hydrogen) atoms. The maximum Gasteiger partial charge on any atom is 0.243 e. The van der Waals surface area contributed by atoms with Crippen LogP contribution in [-0.4, -0.2) is 62.2 Å². The monoisotopic (exact) mass is 415 g/mol. The number of benzene rings is 1. The average Bonchev–Trinajstić information content (AvgIpc) is 2.80. The first-order chi connectivity index (χ1) is 14.1. The van der Waals surface area contributed by atoms with Gasteiger partial charge in [-0.15, -0.1) is 10.2 Å². The lowest BCUT2D eigenvalue weighted by Crippen LogP contribution is -2.49. The topological polar surface area (TPSA) is 69.6 Å². The Hall–Kier alpha value is -2.19. The van der Waals surface area contributed by atoms with Crippen molar-refractivity contribution in [3.8, 4) is 0 Å². The summed E-state index contributed by atoms with van der Waals surface area (Å²) in [7, 11) is -3.45. The van der Waals surface area contributed by atoms with Gasteiger partial charge in [0, 0.05) is 39.3 Å². The molecular weight excluding hydrogens is 386 g/mol. The molecule has 0 spiro atoms. The summed E-state index contributed by atoms with van der Waals surface area (Å²) >= 11 is 0. The summed E-state index contributed by atoms with van der Waals surface area (Å²) in [4.78, 5) is 4.77. The van der Waals surface area contributed by atoms with Crippen LogP contribution < -0.4 is 9.80 Å². The lowest BCUT2D eigenvalue weighted by molar-refractivity contribution is 0.383. The fourth-order valence-corrected chi connectivity index (χ4v) is 5.40. The Morgan fingerprint density at radius 1 is 0.759 bits per heavy atom. The van der Waals surface area contributed by atoms with Crippen LogP contribution in [0.2, 0.25) is 0 Å². The van der Waals surface area contributed by atoms with E-state index in [1.54, 1.807) is 16.4 Å². The zero-order valence-corrected chi connectivity index (χ0v) is 17.8. The van der Waals surface area contributed by atoms with Gasteiger partial charge in [-0.05, 0) is 55.5 Å². The fraction of sp³-hybridized carbons (Fsp3) is 0.524. The van der Waals surface area contributed by atoms with Crippen LogP contribution >= 0.6 is 0 Å². The van der Waals surface area contributed by atoms with Crippen LogP contribution in [0.15, 0.2) is 41.3 Å². The summed E-state index contributed by atoms with van der Waals surface area (Å²) in [5.74, 6) is 1.75. The van der Waals surface area contributed by atoms with E-state index in [0.717, 1.165) is 36.7 Å². The van der Waals surface area contributed by atoms with E-state index >= 15 is 0 Å². The number of aromatic nitrogens is 2. The Kier molecular flexibility index (Phi) is 6.01. The lowest BCUT2D eigenvalue weighted by atomic mass is 10.1. The van der Waals surface area contributed by atoms with E-state index in [9.17, 15) is 8.42 Å². The quantitative estimate of drug-likeness (QED) is 0.748. The molecule has 0 N–H and O–H groups in total. The van der Waals surface area contributed by atoms with Crippen molar-refractivity contribution < 1.29 is 8.42 Å². The highest BCUT2D eigenvalue weighted by molar-refractivity contribution is 7.89. The molecule has 7 nitrogen and oxygen atoms in total. The van der Waals surface area contributed by atoms with Gasteiger partial charge in [0.2, 0.25) is 10.0 Å². The van der Waals surface area contributed by atoms with Crippen LogP contribution in [0.1, 0.15) is 31.7 Å². The molecule has 2 aliphatic rings. The largest absolute Gasteiger partial charge is 0.355 e. The van der Waals surface area contributed by atoms with E-state index in [1.165, 1.54) is 19.3 Å². The molecule has 0 aliphatic carbocycles. The van der Waals surface area contributed by atoms with Gasteiger partial charge in [-0.25, -0.2) is 8.42 Å². The number of piperazine rings is 1. The Morgan fingerprint density at radius 2 is 1.31 bits per heavy atom. The predicted octanol–water partition coefficient (Wildman–Crippen LogP) is 2.54. The van der Waals surface area contributed by atoms with Gasteiger partial charge in [0.1, 0.15) is 0 Å². The molecule has 2 fully saturated rings. The molecule has 4 rings (SSSR count). The Labute approximate surface area is 173 Å². The summed E-state index contributed by atoms with van der Waals surface area (Å²) in [5.41, 5.74) is 1.14. The number of hydrogen-bond donors (Lipinski definition) is 0. The van der Waals surface area contributed by atoms with Crippen LogP contribution in [0, 0.1) is 0 Å². The van der Waals surface area contributed by atoms with Gasteiger partial charge >= 0.3 is 0 Å². The van der Waals surface area contributed by atoms with Crippen molar-refractivity contribution in [3.63, 3.8) is 0 Å². The minimum atomic E-state index is -3.45. The molecular formula is C21H29N5O2S. The normalized spacial score (nSPS) is 18.8. The van der Waals surface area contributed by atoms with Crippen molar-refractivity contribution in [1.82, 2.24) is 14.5 Å². The van der Waals surface area contributed by atoms with Crippen molar-refractivity contribution >= 4 is 21.7 Å². The molecule has 0 bridgehead atoms. The summed E-state index contributed by atoms with van der Waals surface area (Å²) in [6, 6.07) is 11.2. The van der Waals surface area contributed by atoms with Crippen molar-refractivity contribution in [2.45, 2.75) is 37.5 Å². The third-order valence-corrected chi connectivity index (χ3v) is 7.76. The molecule has 0 unspecified atom stereocenters. The van der Waals surface area contributed by atoms with E-state index in [1.807, 2.05) is 24.3 Å². The van der Waals surface area contributed by atoms with Gasteiger partial charge < -0.3 is 9.80 Å². The molecule has 0 radical (unpaired) electrons. The minimum absolute atomic E-state index is 0.369. The van der Waals surface area contributed by atoms with E-state index in [0.29, 0.717) is 31.1 Å². The third-order valence-electron chi connectivity index (χ3n) is 5.85. The van der Waals surface area contributed by atoms with Gasteiger partial charge in [-0.3, -0.25) is 0 Å².